The molecule has 0 saturated heterocycles. The molecule has 0 bridgehead atoms. The van der Waals surface area contributed by atoms with Gasteiger partial charge in [-0.25, -0.2) is 4.79 Å². The largest absolute Gasteiger partial charge is 0.396 e. The quantitative estimate of drug-likeness (QED) is 0.716. The molecule has 21 heavy (non-hydrogen) atoms. The summed E-state index contributed by atoms with van der Waals surface area (Å²) in [6, 6.07) is 5.57. The number of aliphatic hydroxyl groups excluding tert-OH is 1. The van der Waals surface area contributed by atoms with E-state index in [0.717, 1.165) is 12.2 Å². The molecule has 3 N–H and O–H groups in total. The second-order valence-electron chi connectivity index (χ2n) is 6.30. The molecule has 1 unspecified atom stereocenters. The minimum Gasteiger partial charge on any atom is -0.396 e. The van der Waals surface area contributed by atoms with Crippen molar-refractivity contribution in [2.24, 2.45) is 11.3 Å². The number of urea groups is 1. The first-order valence-corrected chi connectivity index (χ1v) is 7.64. The maximum atomic E-state index is 11.8. The first-order chi connectivity index (χ1) is 10.1. The number of hydrogen-bond acceptors (Lipinski definition) is 3. The Hall–Kier alpha value is -1.62. The summed E-state index contributed by atoms with van der Waals surface area (Å²) in [7, 11) is 0. The Labute approximate surface area is 126 Å². The van der Waals surface area contributed by atoms with Gasteiger partial charge in [-0.2, -0.15) is 0 Å². The van der Waals surface area contributed by atoms with Gasteiger partial charge < -0.3 is 15.7 Å². The highest BCUT2D eigenvalue weighted by Crippen LogP contribution is 2.39. The lowest BCUT2D eigenvalue weighted by molar-refractivity contribution is 0.156. The van der Waals surface area contributed by atoms with Gasteiger partial charge in [0.1, 0.15) is 0 Å². The van der Waals surface area contributed by atoms with Crippen molar-refractivity contribution < 1.29 is 9.90 Å². The first kappa shape index (κ1) is 15.8. The summed E-state index contributed by atoms with van der Waals surface area (Å²) >= 11 is 0. The van der Waals surface area contributed by atoms with E-state index >= 15 is 0 Å². The van der Waals surface area contributed by atoms with Crippen molar-refractivity contribution in [1.82, 2.24) is 15.6 Å². The van der Waals surface area contributed by atoms with Crippen LogP contribution in [0, 0.1) is 11.3 Å². The van der Waals surface area contributed by atoms with Crippen molar-refractivity contribution in [3.05, 3.63) is 30.1 Å². The average molecular weight is 291 g/mol. The molecular formula is C16H25N3O2. The maximum Gasteiger partial charge on any atom is 0.314 e. The third-order valence-electron chi connectivity index (χ3n) is 4.27. The minimum absolute atomic E-state index is 0.00932. The summed E-state index contributed by atoms with van der Waals surface area (Å²) in [5.41, 5.74) is 1.21. The molecule has 1 aliphatic carbocycles. The second kappa shape index (κ2) is 7.41. The molecule has 1 saturated carbocycles. The zero-order valence-electron chi connectivity index (χ0n) is 12.6. The zero-order chi connectivity index (χ0) is 15.1. The van der Waals surface area contributed by atoms with Crippen molar-refractivity contribution in [2.45, 2.75) is 32.6 Å². The Morgan fingerprint density at radius 2 is 2.24 bits per heavy atom. The molecule has 1 fully saturated rings. The number of carbonyl (C=O) groups excluding carboxylic acids is 1. The first-order valence-electron chi connectivity index (χ1n) is 7.64. The number of nitrogens with zero attached hydrogens (tertiary/aromatic N) is 1. The van der Waals surface area contributed by atoms with Crippen LogP contribution in [0.25, 0.3) is 0 Å². The van der Waals surface area contributed by atoms with E-state index in [9.17, 15) is 9.90 Å². The summed E-state index contributed by atoms with van der Waals surface area (Å²) in [6.07, 6.45) is 6.04. The van der Waals surface area contributed by atoms with Crippen LogP contribution in [0.4, 0.5) is 4.79 Å². The van der Waals surface area contributed by atoms with Crippen molar-refractivity contribution >= 4 is 6.03 Å². The lowest BCUT2D eigenvalue weighted by Gasteiger charge is -2.38. The number of hydrogen-bond donors (Lipinski definition) is 3. The third kappa shape index (κ3) is 5.01. The number of carbonyl (C=O) groups is 1. The summed E-state index contributed by atoms with van der Waals surface area (Å²) in [5, 5.41) is 15.2. The minimum atomic E-state index is -0.150. The van der Waals surface area contributed by atoms with Crippen LogP contribution in [-0.4, -0.2) is 35.8 Å². The van der Waals surface area contributed by atoms with Gasteiger partial charge in [0.2, 0.25) is 0 Å². The van der Waals surface area contributed by atoms with Crippen LogP contribution >= 0.6 is 0 Å². The molecule has 1 aromatic rings. The summed E-state index contributed by atoms with van der Waals surface area (Å²) in [4.78, 5) is 16.0. The molecule has 5 nitrogen and oxygen atoms in total. The SMILES string of the molecule is CC1(CNC(=O)NCC(CO)Cc2ccccn2)CCC1. The molecule has 0 spiro atoms. The fourth-order valence-electron chi connectivity index (χ4n) is 2.57. The number of amides is 2. The number of aromatic nitrogens is 1. The Balaban J connectivity index is 1.68. The molecule has 2 amide bonds. The predicted molar refractivity (Wildman–Crippen MR) is 81.9 cm³/mol. The van der Waals surface area contributed by atoms with Crippen LogP contribution in [0.5, 0.6) is 0 Å². The highest BCUT2D eigenvalue weighted by molar-refractivity contribution is 5.73. The van der Waals surface area contributed by atoms with Gasteiger partial charge in [0.15, 0.2) is 0 Å². The van der Waals surface area contributed by atoms with Crippen LogP contribution in [0.2, 0.25) is 0 Å². The van der Waals surface area contributed by atoms with E-state index in [1.807, 2.05) is 18.2 Å². The molecule has 5 heteroatoms. The smallest absolute Gasteiger partial charge is 0.314 e. The number of nitrogens with one attached hydrogen (secondary N) is 2. The van der Waals surface area contributed by atoms with E-state index in [0.29, 0.717) is 13.0 Å². The molecule has 1 heterocycles. The second-order valence-corrected chi connectivity index (χ2v) is 6.30. The molecular weight excluding hydrogens is 266 g/mol. The fourth-order valence-corrected chi connectivity index (χ4v) is 2.57. The predicted octanol–water partition coefficient (Wildman–Crippen LogP) is 1.72. The summed E-state index contributed by atoms with van der Waals surface area (Å²) < 4.78 is 0. The van der Waals surface area contributed by atoms with Gasteiger partial charge in [-0.1, -0.05) is 19.4 Å². The van der Waals surface area contributed by atoms with E-state index in [1.165, 1.54) is 19.3 Å². The maximum absolute atomic E-state index is 11.8. The van der Waals surface area contributed by atoms with Crippen LogP contribution in [-0.2, 0) is 6.42 Å². The monoisotopic (exact) mass is 291 g/mol. The van der Waals surface area contributed by atoms with Gasteiger partial charge in [-0.05, 0) is 36.8 Å². The average Bonchev–Trinajstić information content (AvgIpc) is 2.48. The van der Waals surface area contributed by atoms with Crippen molar-refractivity contribution in [3.8, 4) is 0 Å². The van der Waals surface area contributed by atoms with E-state index in [-0.39, 0.29) is 24.0 Å². The zero-order valence-corrected chi connectivity index (χ0v) is 12.6. The normalized spacial score (nSPS) is 17.6. The summed E-state index contributed by atoms with van der Waals surface area (Å²) in [5.74, 6) is -0.00932. The van der Waals surface area contributed by atoms with Crippen LogP contribution in [0.15, 0.2) is 24.4 Å². The van der Waals surface area contributed by atoms with Gasteiger partial charge in [0.25, 0.3) is 0 Å². The van der Waals surface area contributed by atoms with E-state index in [1.54, 1.807) is 6.20 Å². The van der Waals surface area contributed by atoms with Gasteiger partial charge >= 0.3 is 6.03 Å². The Morgan fingerprint density at radius 1 is 1.43 bits per heavy atom. The summed E-state index contributed by atoms with van der Waals surface area (Å²) in [6.45, 7) is 3.42. The topological polar surface area (TPSA) is 74.2 Å². The van der Waals surface area contributed by atoms with E-state index in [2.05, 4.69) is 22.5 Å². The van der Waals surface area contributed by atoms with E-state index in [4.69, 9.17) is 0 Å². The molecule has 0 aromatic carbocycles. The number of aliphatic hydroxyl groups is 1. The van der Waals surface area contributed by atoms with Gasteiger partial charge in [0.05, 0.1) is 0 Å². The molecule has 1 aromatic heterocycles. The molecule has 2 rings (SSSR count). The van der Waals surface area contributed by atoms with Crippen LogP contribution in [0.1, 0.15) is 31.9 Å². The molecule has 0 radical (unpaired) electrons. The number of rotatable bonds is 7. The van der Waals surface area contributed by atoms with Gasteiger partial charge in [-0.3, -0.25) is 4.98 Å². The number of pyridine rings is 1. The van der Waals surface area contributed by atoms with Crippen LogP contribution in [0.3, 0.4) is 0 Å². The standard InChI is InChI=1S/C16H25N3O2/c1-16(6-4-7-16)12-19-15(21)18-10-13(11-20)9-14-5-2-3-8-17-14/h2-3,5,8,13,20H,4,6-7,9-12H2,1H3,(H2,18,19,21). The highest BCUT2D eigenvalue weighted by Gasteiger charge is 2.31. The Morgan fingerprint density at radius 3 is 2.81 bits per heavy atom. The Bertz CT molecular complexity index is 446. The van der Waals surface area contributed by atoms with Crippen molar-refractivity contribution in [3.63, 3.8) is 0 Å². The van der Waals surface area contributed by atoms with Gasteiger partial charge in [-0.15, -0.1) is 0 Å². The van der Waals surface area contributed by atoms with Crippen LogP contribution < -0.4 is 10.6 Å². The van der Waals surface area contributed by atoms with Gasteiger partial charge in [0, 0.05) is 37.5 Å². The lowest BCUT2D eigenvalue weighted by atomic mass is 9.70. The van der Waals surface area contributed by atoms with Crippen molar-refractivity contribution in [2.75, 3.05) is 19.7 Å². The molecule has 1 aliphatic rings. The lowest BCUT2D eigenvalue weighted by Crippen LogP contribution is -2.45. The molecule has 116 valence electrons. The van der Waals surface area contributed by atoms with E-state index < -0.39 is 0 Å². The van der Waals surface area contributed by atoms with Crippen molar-refractivity contribution in [1.29, 1.82) is 0 Å². The molecule has 1 atom stereocenters. The molecule has 0 aliphatic heterocycles. The highest BCUT2D eigenvalue weighted by atomic mass is 16.3. The fraction of sp³-hybridized carbons (Fsp3) is 0.625. The Kier molecular flexibility index (Phi) is 5.56. The third-order valence-corrected chi connectivity index (χ3v) is 4.27.